The highest BCUT2D eigenvalue weighted by atomic mass is 19.4. The second-order valence-electron chi connectivity index (χ2n) is 7.42. The van der Waals surface area contributed by atoms with E-state index in [4.69, 9.17) is 5.73 Å². The van der Waals surface area contributed by atoms with Crippen molar-refractivity contribution in [1.29, 1.82) is 0 Å². The van der Waals surface area contributed by atoms with Gasteiger partial charge in [0.1, 0.15) is 0 Å². The Morgan fingerprint density at radius 2 is 1.92 bits per heavy atom. The fourth-order valence-electron chi connectivity index (χ4n) is 3.10. The monoisotopic (exact) mass is 342 g/mol. The van der Waals surface area contributed by atoms with Crippen LogP contribution >= 0.6 is 0 Å². The molecule has 134 valence electrons. The number of likely N-dealkylation sites (tertiary alicyclic amines) is 1. The molecule has 6 heteroatoms. The second-order valence-corrected chi connectivity index (χ2v) is 7.42. The molecule has 2 rings (SSSR count). The molecule has 1 aliphatic rings. The number of piperidine rings is 1. The Bertz CT molecular complexity index is 581. The molecule has 0 saturated carbocycles. The molecule has 2 N–H and O–H groups in total. The molecule has 2 unspecified atom stereocenters. The molecule has 1 aliphatic heterocycles. The number of amides is 1. The standard InChI is InChI=1S/C18H25F3N2O/c1-12(13-4-6-14(7-5-13)18(19,20)21)10-16(24)23-9-8-15(22)17(2,3)11-23/h4-7,12,15H,8-11,22H2,1-3H3. The van der Waals surface area contributed by atoms with E-state index in [0.29, 0.717) is 13.1 Å². The molecule has 24 heavy (non-hydrogen) atoms. The van der Waals surface area contributed by atoms with Gasteiger partial charge in [-0.15, -0.1) is 0 Å². The molecule has 1 amide bonds. The van der Waals surface area contributed by atoms with E-state index in [9.17, 15) is 18.0 Å². The molecule has 1 fully saturated rings. The maximum absolute atomic E-state index is 12.6. The van der Waals surface area contributed by atoms with Gasteiger partial charge in [-0.25, -0.2) is 0 Å². The summed E-state index contributed by atoms with van der Waals surface area (Å²) in [5.74, 6) is -0.0964. The van der Waals surface area contributed by atoms with E-state index in [0.717, 1.165) is 24.1 Å². The van der Waals surface area contributed by atoms with Gasteiger partial charge in [-0.3, -0.25) is 4.79 Å². The van der Waals surface area contributed by atoms with E-state index in [-0.39, 0.29) is 29.7 Å². The van der Waals surface area contributed by atoms with Gasteiger partial charge in [-0.2, -0.15) is 13.2 Å². The Labute approximate surface area is 141 Å². The van der Waals surface area contributed by atoms with Gasteiger partial charge in [-0.1, -0.05) is 32.9 Å². The topological polar surface area (TPSA) is 46.3 Å². The van der Waals surface area contributed by atoms with Gasteiger partial charge in [0, 0.05) is 25.6 Å². The molecule has 3 nitrogen and oxygen atoms in total. The first kappa shape index (κ1) is 18.8. The van der Waals surface area contributed by atoms with Gasteiger partial charge in [0.2, 0.25) is 5.91 Å². The molecule has 2 atom stereocenters. The van der Waals surface area contributed by atoms with Crippen LogP contribution in [0.2, 0.25) is 0 Å². The van der Waals surface area contributed by atoms with Crippen LogP contribution in [0.25, 0.3) is 0 Å². The third-order valence-corrected chi connectivity index (χ3v) is 4.95. The molecule has 0 radical (unpaired) electrons. The lowest BCUT2D eigenvalue weighted by Crippen LogP contribution is -2.54. The second kappa shape index (κ2) is 6.75. The van der Waals surface area contributed by atoms with Gasteiger partial charge in [0.25, 0.3) is 0 Å². The molecule has 1 saturated heterocycles. The Balaban J connectivity index is 1.99. The van der Waals surface area contributed by atoms with Crippen molar-refractivity contribution >= 4 is 5.91 Å². The first-order valence-corrected chi connectivity index (χ1v) is 8.21. The first-order chi connectivity index (χ1) is 11.0. The van der Waals surface area contributed by atoms with Gasteiger partial charge in [0.05, 0.1) is 5.56 Å². The summed E-state index contributed by atoms with van der Waals surface area (Å²) < 4.78 is 37.8. The van der Waals surface area contributed by atoms with E-state index in [1.807, 2.05) is 11.8 Å². The van der Waals surface area contributed by atoms with Crippen molar-refractivity contribution in [2.45, 2.75) is 51.7 Å². The quantitative estimate of drug-likeness (QED) is 0.908. The van der Waals surface area contributed by atoms with Gasteiger partial charge in [0.15, 0.2) is 0 Å². The first-order valence-electron chi connectivity index (χ1n) is 8.21. The maximum Gasteiger partial charge on any atom is 0.416 e. The summed E-state index contributed by atoms with van der Waals surface area (Å²) in [6.45, 7) is 7.23. The summed E-state index contributed by atoms with van der Waals surface area (Å²) in [5.41, 5.74) is 6.04. The summed E-state index contributed by atoms with van der Waals surface area (Å²) in [4.78, 5) is 14.3. The number of rotatable bonds is 3. The number of benzene rings is 1. The fraction of sp³-hybridized carbons (Fsp3) is 0.611. The molecule has 0 spiro atoms. The summed E-state index contributed by atoms with van der Waals surface area (Å²) in [5, 5.41) is 0. The molecular formula is C18H25F3N2O. The van der Waals surface area contributed by atoms with Crippen LogP contribution in [-0.4, -0.2) is 29.9 Å². The van der Waals surface area contributed by atoms with Crippen molar-refractivity contribution in [2.24, 2.45) is 11.1 Å². The van der Waals surface area contributed by atoms with E-state index >= 15 is 0 Å². The van der Waals surface area contributed by atoms with Crippen LogP contribution in [0.15, 0.2) is 24.3 Å². The predicted molar refractivity (Wildman–Crippen MR) is 87.4 cm³/mol. The summed E-state index contributed by atoms with van der Waals surface area (Å²) in [7, 11) is 0. The van der Waals surface area contributed by atoms with E-state index < -0.39 is 11.7 Å². The van der Waals surface area contributed by atoms with E-state index in [1.165, 1.54) is 12.1 Å². The normalized spacial score (nSPS) is 22.3. The number of halogens is 3. The van der Waals surface area contributed by atoms with Crippen LogP contribution in [0.5, 0.6) is 0 Å². The highest BCUT2D eigenvalue weighted by Crippen LogP contribution is 2.32. The van der Waals surface area contributed by atoms with Crippen molar-refractivity contribution in [2.75, 3.05) is 13.1 Å². The van der Waals surface area contributed by atoms with Crippen LogP contribution < -0.4 is 5.73 Å². The minimum atomic E-state index is -4.34. The van der Waals surface area contributed by atoms with Crippen molar-refractivity contribution < 1.29 is 18.0 Å². The minimum absolute atomic E-state index is 0.0300. The lowest BCUT2D eigenvalue weighted by atomic mass is 9.79. The van der Waals surface area contributed by atoms with Crippen LogP contribution in [0, 0.1) is 5.41 Å². The Hall–Kier alpha value is -1.56. The fourth-order valence-corrected chi connectivity index (χ4v) is 3.10. The number of hydrogen-bond donors (Lipinski definition) is 1. The Morgan fingerprint density at radius 1 is 1.33 bits per heavy atom. The highest BCUT2D eigenvalue weighted by Gasteiger charge is 2.35. The van der Waals surface area contributed by atoms with Gasteiger partial charge in [-0.05, 0) is 35.4 Å². The minimum Gasteiger partial charge on any atom is -0.342 e. The van der Waals surface area contributed by atoms with E-state index in [1.54, 1.807) is 0 Å². The van der Waals surface area contributed by atoms with Crippen LogP contribution in [0.1, 0.15) is 50.7 Å². The van der Waals surface area contributed by atoms with Crippen molar-refractivity contribution in [3.63, 3.8) is 0 Å². The third-order valence-electron chi connectivity index (χ3n) is 4.95. The predicted octanol–water partition coefficient (Wildman–Crippen LogP) is 3.78. The largest absolute Gasteiger partial charge is 0.416 e. The van der Waals surface area contributed by atoms with Crippen molar-refractivity contribution in [3.05, 3.63) is 35.4 Å². The number of nitrogens with two attached hydrogens (primary N) is 1. The zero-order chi connectivity index (χ0) is 18.1. The molecule has 0 aliphatic carbocycles. The molecule has 1 heterocycles. The average Bonchev–Trinajstić information content (AvgIpc) is 2.49. The van der Waals surface area contributed by atoms with Crippen LogP contribution in [-0.2, 0) is 11.0 Å². The summed E-state index contributed by atoms with van der Waals surface area (Å²) in [6, 6.07) is 5.13. The zero-order valence-electron chi connectivity index (χ0n) is 14.4. The van der Waals surface area contributed by atoms with Gasteiger partial charge >= 0.3 is 6.18 Å². The maximum atomic E-state index is 12.6. The molecular weight excluding hydrogens is 317 g/mol. The molecule has 0 aromatic heterocycles. The molecule has 0 bridgehead atoms. The number of carbonyl (C=O) groups is 1. The molecule has 1 aromatic rings. The lowest BCUT2D eigenvalue weighted by Gasteiger charge is -2.42. The molecule has 1 aromatic carbocycles. The van der Waals surface area contributed by atoms with Crippen LogP contribution in [0.3, 0.4) is 0 Å². The SMILES string of the molecule is CC(CC(=O)N1CCC(N)C(C)(C)C1)c1ccc(C(F)(F)F)cc1. The summed E-state index contributed by atoms with van der Waals surface area (Å²) >= 11 is 0. The number of alkyl halides is 3. The Kier molecular flexibility index (Phi) is 5.28. The highest BCUT2D eigenvalue weighted by molar-refractivity contribution is 5.77. The zero-order valence-corrected chi connectivity index (χ0v) is 14.4. The number of nitrogens with zero attached hydrogens (tertiary/aromatic N) is 1. The van der Waals surface area contributed by atoms with E-state index in [2.05, 4.69) is 13.8 Å². The average molecular weight is 342 g/mol. The Morgan fingerprint density at radius 3 is 2.42 bits per heavy atom. The smallest absolute Gasteiger partial charge is 0.342 e. The van der Waals surface area contributed by atoms with Gasteiger partial charge < -0.3 is 10.6 Å². The number of hydrogen-bond acceptors (Lipinski definition) is 2. The lowest BCUT2D eigenvalue weighted by molar-refractivity contribution is -0.137. The summed E-state index contributed by atoms with van der Waals surface area (Å²) in [6.07, 6.45) is -3.28. The van der Waals surface area contributed by atoms with Crippen molar-refractivity contribution in [1.82, 2.24) is 4.90 Å². The van der Waals surface area contributed by atoms with Crippen LogP contribution in [0.4, 0.5) is 13.2 Å². The number of carbonyl (C=O) groups excluding carboxylic acids is 1. The van der Waals surface area contributed by atoms with Crippen molar-refractivity contribution in [3.8, 4) is 0 Å². The third kappa shape index (κ3) is 4.29.